The summed E-state index contributed by atoms with van der Waals surface area (Å²) < 4.78 is 5.91. The Labute approximate surface area is 213 Å². The standard InChI is InChI=1S/C32H46O3/c1-3-4-5-6-7-8-9-10-11-12-13-14-15-16-17-18-25-35-30-22-19-28(20-23-30)31-24-21-29(32(33)34)26-27(31)2/h10-11,19-24,26H,3-9,12-18,25H2,1-2H3,(H,33,34)/b11-10+. The fourth-order valence-electron chi connectivity index (χ4n) is 4.39. The monoisotopic (exact) mass is 478 g/mol. The van der Waals surface area contributed by atoms with Gasteiger partial charge in [0.15, 0.2) is 0 Å². The van der Waals surface area contributed by atoms with Crippen LogP contribution in [0.5, 0.6) is 5.75 Å². The molecule has 1 N–H and O–H groups in total. The number of benzene rings is 2. The number of carboxylic acid groups (broad SMARTS) is 1. The summed E-state index contributed by atoms with van der Waals surface area (Å²) in [6.07, 6.45) is 23.1. The van der Waals surface area contributed by atoms with Gasteiger partial charge in [-0.25, -0.2) is 4.79 Å². The SMILES string of the molecule is CCCCCCCC/C=C/CCCCCCCCOc1ccc(-c2ccc(C(=O)O)cc2C)cc1. The first-order chi connectivity index (χ1) is 17.1. The number of rotatable bonds is 19. The van der Waals surface area contributed by atoms with E-state index < -0.39 is 5.97 Å². The number of hydrogen-bond acceptors (Lipinski definition) is 2. The number of carbonyl (C=O) groups is 1. The molecule has 0 amide bonds. The molecule has 0 aliphatic heterocycles. The largest absolute Gasteiger partial charge is 0.494 e. The van der Waals surface area contributed by atoms with Gasteiger partial charge < -0.3 is 9.84 Å². The van der Waals surface area contributed by atoms with Crippen LogP contribution >= 0.6 is 0 Å². The molecule has 0 bridgehead atoms. The molecule has 0 saturated carbocycles. The molecule has 2 aromatic rings. The molecule has 35 heavy (non-hydrogen) atoms. The van der Waals surface area contributed by atoms with Crippen LogP contribution in [0.3, 0.4) is 0 Å². The van der Waals surface area contributed by atoms with Crippen LogP contribution < -0.4 is 4.74 Å². The van der Waals surface area contributed by atoms with Crippen LogP contribution in [0, 0.1) is 6.92 Å². The number of ether oxygens (including phenoxy) is 1. The predicted molar refractivity (Wildman–Crippen MR) is 149 cm³/mol. The lowest BCUT2D eigenvalue weighted by molar-refractivity contribution is 0.0697. The molecule has 0 fully saturated rings. The van der Waals surface area contributed by atoms with Gasteiger partial charge in [-0.1, -0.05) is 95.1 Å². The lowest BCUT2D eigenvalue weighted by Gasteiger charge is -2.10. The lowest BCUT2D eigenvalue weighted by Crippen LogP contribution is -1.98. The van der Waals surface area contributed by atoms with Gasteiger partial charge in [-0.05, 0) is 80.0 Å². The molecule has 3 nitrogen and oxygen atoms in total. The van der Waals surface area contributed by atoms with E-state index >= 15 is 0 Å². The Morgan fingerprint density at radius 1 is 0.771 bits per heavy atom. The summed E-state index contributed by atoms with van der Waals surface area (Å²) in [5.74, 6) is -0.00376. The third kappa shape index (κ3) is 12.1. The van der Waals surface area contributed by atoms with Crippen molar-refractivity contribution in [3.63, 3.8) is 0 Å². The molecule has 0 aromatic heterocycles. The fourth-order valence-corrected chi connectivity index (χ4v) is 4.39. The minimum Gasteiger partial charge on any atom is -0.494 e. The van der Waals surface area contributed by atoms with Gasteiger partial charge in [0.2, 0.25) is 0 Å². The second kappa shape index (κ2) is 17.8. The first-order valence-corrected chi connectivity index (χ1v) is 13.8. The molecule has 0 heterocycles. The Morgan fingerprint density at radius 3 is 1.91 bits per heavy atom. The minimum absolute atomic E-state index is 0.321. The van der Waals surface area contributed by atoms with Crippen LogP contribution in [0.25, 0.3) is 11.1 Å². The molecule has 0 saturated heterocycles. The summed E-state index contributed by atoms with van der Waals surface area (Å²) in [5, 5.41) is 9.13. The molecule has 0 radical (unpaired) electrons. The van der Waals surface area contributed by atoms with Gasteiger partial charge >= 0.3 is 5.97 Å². The number of allylic oxidation sites excluding steroid dienone is 2. The average molecular weight is 479 g/mol. The van der Waals surface area contributed by atoms with Crippen LogP contribution in [-0.4, -0.2) is 17.7 Å². The minimum atomic E-state index is -0.894. The van der Waals surface area contributed by atoms with Crippen molar-refractivity contribution in [3.8, 4) is 16.9 Å². The van der Waals surface area contributed by atoms with E-state index in [-0.39, 0.29) is 0 Å². The van der Waals surface area contributed by atoms with Crippen LogP contribution in [-0.2, 0) is 0 Å². The van der Waals surface area contributed by atoms with E-state index in [0.717, 1.165) is 35.5 Å². The second-order valence-corrected chi connectivity index (χ2v) is 9.65. The Bertz CT molecular complexity index is 867. The number of aromatic carboxylic acids is 1. The van der Waals surface area contributed by atoms with E-state index in [2.05, 4.69) is 19.1 Å². The molecular formula is C32H46O3. The third-order valence-corrected chi connectivity index (χ3v) is 6.56. The summed E-state index contributed by atoms with van der Waals surface area (Å²) in [4.78, 5) is 11.1. The van der Waals surface area contributed by atoms with Crippen molar-refractivity contribution in [3.05, 3.63) is 65.7 Å². The number of unbranched alkanes of at least 4 members (excludes halogenated alkanes) is 12. The van der Waals surface area contributed by atoms with Crippen molar-refractivity contribution in [1.29, 1.82) is 0 Å². The van der Waals surface area contributed by atoms with Gasteiger partial charge in [-0.15, -0.1) is 0 Å². The maximum atomic E-state index is 11.1. The van der Waals surface area contributed by atoms with E-state index in [0.29, 0.717) is 5.56 Å². The van der Waals surface area contributed by atoms with Gasteiger partial charge in [0, 0.05) is 0 Å². The predicted octanol–water partition coefficient (Wildman–Crippen LogP) is 9.78. The lowest BCUT2D eigenvalue weighted by atomic mass is 9.98. The fraction of sp³-hybridized carbons (Fsp3) is 0.531. The van der Waals surface area contributed by atoms with Crippen molar-refractivity contribution in [2.24, 2.45) is 0 Å². The molecular weight excluding hydrogens is 432 g/mol. The molecule has 0 atom stereocenters. The highest BCUT2D eigenvalue weighted by Crippen LogP contribution is 2.26. The molecule has 3 heteroatoms. The van der Waals surface area contributed by atoms with Crippen LogP contribution in [0.15, 0.2) is 54.6 Å². The Morgan fingerprint density at radius 2 is 1.34 bits per heavy atom. The normalized spacial score (nSPS) is 11.3. The van der Waals surface area contributed by atoms with Crippen molar-refractivity contribution >= 4 is 5.97 Å². The van der Waals surface area contributed by atoms with Crippen molar-refractivity contribution in [1.82, 2.24) is 0 Å². The Balaban J connectivity index is 1.48. The number of carboxylic acids is 1. The smallest absolute Gasteiger partial charge is 0.335 e. The maximum Gasteiger partial charge on any atom is 0.335 e. The van der Waals surface area contributed by atoms with E-state index in [1.807, 2.05) is 37.3 Å². The van der Waals surface area contributed by atoms with Crippen LogP contribution in [0.4, 0.5) is 0 Å². The van der Waals surface area contributed by atoms with Gasteiger partial charge in [-0.2, -0.15) is 0 Å². The number of aryl methyl sites for hydroxylation is 1. The van der Waals surface area contributed by atoms with Gasteiger partial charge in [0.1, 0.15) is 5.75 Å². The van der Waals surface area contributed by atoms with E-state index in [1.54, 1.807) is 12.1 Å². The summed E-state index contributed by atoms with van der Waals surface area (Å²) in [6.45, 7) is 4.97. The summed E-state index contributed by atoms with van der Waals surface area (Å²) in [5.41, 5.74) is 3.41. The summed E-state index contributed by atoms with van der Waals surface area (Å²) in [7, 11) is 0. The first-order valence-electron chi connectivity index (χ1n) is 13.8. The van der Waals surface area contributed by atoms with Crippen molar-refractivity contribution < 1.29 is 14.6 Å². The molecule has 192 valence electrons. The van der Waals surface area contributed by atoms with Crippen molar-refractivity contribution in [2.45, 2.75) is 104 Å². The molecule has 0 unspecified atom stereocenters. The van der Waals surface area contributed by atoms with Crippen LogP contribution in [0.2, 0.25) is 0 Å². The van der Waals surface area contributed by atoms with E-state index in [4.69, 9.17) is 9.84 Å². The zero-order valence-corrected chi connectivity index (χ0v) is 22.1. The molecule has 0 aliphatic carbocycles. The summed E-state index contributed by atoms with van der Waals surface area (Å²) >= 11 is 0. The highest BCUT2D eigenvalue weighted by Gasteiger charge is 2.07. The zero-order chi connectivity index (χ0) is 25.1. The topological polar surface area (TPSA) is 46.5 Å². The molecule has 2 aromatic carbocycles. The molecule has 0 spiro atoms. The van der Waals surface area contributed by atoms with Gasteiger partial charge in [-0.3, -0.25) is 0 Å². The number of hydrogen-bond donors (Lipinski definition) is 1. The average Bonchev–Trinajstić information content (AvgIpc) is 2.86. The zero-order valence-electron chi connectivity index (χ0n) is 22.1. The van der Waals surface area contributed by atoms with E-state index in [9.17, 15) is 4.79 Å². The highest BCUT2D eigenvalue weighted by atomic mass is 16.5. The van der Waals surface area contributed by atoms with Crippen LogP contribution in [0.1, 0.15) is 113 Å². The van der Waals surface area contributed by atoms with E-state index in [1.165, 1.54) is 83.5 Å². The molecule has 2 rings (SSSR count). The van der Waals surface area contributed by atoms with Crippen molar-refractivity contribution in [2.75, 3.05) is 6.61 Å². The first kappa shape index (κ1) is 28.7. The summed E-state index contributed by atoms with van der Waals surface area (Å²) in [6, 6.07) is 13.3. The van der Waals surface area contributed by atoms with Gasteiger partial charge in [0.25, 0.3) is 0 Å². The maximum absolute atomic E-state index is 11.1. The highest BCUT2D eigenvalue weighted by molar-refractivity contribution is 5.89. The quantitative estimate of drug-likeness (QED) is 0.161. The van der Waals surface area contributed by atoms with Gasteiger partial charge in [0.05, 0.1) is 12.2 Å². The third-order valence-electron chi connectivity index (χ3n) is 6.56. The Hall–Kier alpha value is -2.55. The molecule has 0 aliphatic rings. The second-order valence-electron chi connectivity index (χ2n) is 9.65. The Kier molecular flexibility index (Phi) is 14.6.